The first-order valence-electron chi connectivity index (χ1n) is 11.1. The number of urea groups is 2. The van der Waals surface area contributed by atoms with E-state index in [9.17, 15) is 9.59 Å². The number of carbonyl (C=O) groups is 2. The molecule has 2 aromatic heterocycles. The number of benzene rings is 1. The molecule has 4 heterocycles. The van der Waals surface area contributed by atoms with E-state index >= 15 is 0 Å². The number of nitrogens with one attached hydrogen (secondary N) is 4. The summed E-state index contributed by atoms with van der Waals surface area (Å²) < 4.78 is 20.2. The lowest BCUT2D eigenvalue weighted by Crippen LogP contribution is -2.42. The summed E-state index contributed by atoms with van der Waals surface area (Å²) in [7, 11) is 1.54. The average molecular weight is 483 g/mol. The van der Waals surface area contributed by atoms with Gasteiger partial charge in [0.1, 0.15) is 24.6 Å². The second-order valence-electron chi connectivity index (χ2n) is 8.58. The molecule has 13 nitrogen and oxygen atoms in total. The second-order valence-corrected chi connectivity index (χ2v) is 8.58. The highest BCUT2D eigenvalue weighted by Gasteiger charge is 2.56. The first-order chi connectivity index (χ1) is 16.8. The number of nitrogens with zero attached hydrogens (tertiary/aromatic N) is 4. The van der Waals surface area contributed by atoms with Crippen molar-refractivity contribution < 1.29 is 23.8 Å². The van der Waals surface area contributed by atoms with Gasteiger partial charge in [-0.05, 0) is 26.0 Å². The highest BCUT2D eigenvalue weighted by atomic mass is 16.8. The van der Waals surface area contributed by atoms with Gasteiger partial charge in [0.2, 0.25) is 0 Å². The van der Waals surface area contributed by atoms with Gasteiger partial charge in [0.05, 0.1) is 6.33 Å². The first kappa shape index (κ1) is 23.0. The molecule has 4 atom stereocenters. The predicted octanol–water partition coefficient (Wildman–Crippen LogP) is 1.82. The van der Waals surface area contributed by atoms with Crippen LogP contribution in [0.25, 0.3) is 11.2 Å². The molecule has 2 saturated heterocycles. The molecule has 0 radical (unpaired) electrons. The zero-order chi connectivity index (χ0) is 24.6. The fraction of sp³-hybridized carbons (Fsp3) is 0.409. The quantitative estimate of drug-likeness (QED) is 0.429. The molecule has 0 saturated carbocycles. The van der Waals surface area contributed by atoms with Crippen LogP contribution in [0.15, 0.2) is 43.0 Å². The number of fused-ring (bicyclic) bond motifs is 2. The maximum atomic E-state index is 12.5. The normalized spacial score (nSPS) is 24.7. The zero-order valence-corrected chi connectivity index (χ0v) is 19.4. The largest absolute Gasteiger partial charge is 0.347 e. The molecule has 4 N–H and O–H groups in total. The van der Waals surface area contributed by atoms with Crippen molar-refractivity contribution in [2.24, 2.45) is 0 Å². The Labute approximate surface area is 200 Å². The van der Waals surface area contributed by atoms with Crippen LogP contribution in [0.2, 0.25) is 0 Å². The minimum Gasteiger partial charge on any atom is -0.347 e. The van der Waals surface area contributed by atoms with Gasteiger partial charge in [-0.25, -0.2) is 24.5 Å². The zero-order valence-electron chi connectivity index (χ0n) is 19.4. The summed E-state index contributed by atoms with van der Waals surface area (Å²) in [5.41, 5.74) is 1.48. The van der Waals surface area contributed by atoms with E-state index in [1.165, 1.54) is 13.4 Å². The summed E-state index contributed by atoms with van der Waals surface area (Å²) in [6.45, 7) is 3.88. The van der Waals surface area contributed by atoms with Gasteiger partial charge >= 0.3 is 12.1 Å². The molecule has 0 aliphatic carbocycles. The van der Waals surface area contributed by atoms with Gasteiger partial charge in [-0.15, -0.1) is 0 Å². The van der Waals surface area contributed by atoms with E-state index in [-0.39, 0.29) is 18.4 Å². The van der Waals surface area contributed by atoms with E-state index in [1.54, 1.807) is 23.0 Å². The Morgan fingerprint density at radius 2 is 1.80 bits per heavy atom. The summed E-state index contributed by atoms with van der Waals surface area (Å²) in [4.78, 5) is 37.1. The Morgan fingerprint density at radius 1 is 1.03 bits per heavy atom. The average Bonchev–Trinajstić information content (AvgIpc) is 3.49. The molecular formula is C22H26N8O5. The van der Waals surface area contributed by atoms with Crippen molar-refractivity contribution in [3.8, 4) is 0 Å². The number of anilines is 2. The van der Waals surface area contributed by atoms with Crippen molar-refractivity contribution in [1.82, 2.24) is 30.2 Å². The Hall–Kier alpha value is -3.81. The van der Waals surface area contributed by atoms with Gasteiger partial charge < -0.3 is 30.2 Å². The molecule has 4 amide bonds. The summed E-state index contributed by atoms with van der Waals surface area (Å²) in [5.74, 6) is -0.575. The van der Waals surface area contributed by atoms with Crippen LogP contribution in [0.1, 0.15) is 20.1 Å². The number of rotatable bonds is 5. The van der Waals surface area contributed by atoms with Crippen LogP contribution in [0, 0.1) is 0 Å². The standard InChI is InChI=1S/C22H26N8O5/c1-22(2)34-15-13(9-24-20(31)23-3)33-19(16(15)35-22)30-11-27-14-17(25-10-26-18(14)30)29-21(32)28-12-7-5-4-6-8-12/h4-8,10-11,13,15-16,19H,9H2,1-3H3,(H2,23,24,31)(H2,25,26,28,29,32)/t13-,15-,16?,19-/m1/s1. The van der Waals surface area contributed by atoms with E-state index < -0.39 is 36.4 Å². The Bertz CT molecular complexity index is 1230. The van der Waals surface area contributed by atoms with Crippen molar-refractivity contribution in [2.75, 3.05) is 24.2 Å². The number of para-hydroxylation sites is 1. The number of ether oxygens (including phenoxy) is 3. The summed E-state index contributed by atoms with van der Waals surface area (Å²) in [6.07, 6.45) is 0.935. The summed E-state index contributed by atoms with van der Waals surface area (Å²) >= 11 is 0. The third-order valence-electron chi connectivity index (χ3n) is 5.71. The van der Waals surface area contributed by atoms with Crippen LogP contribution in [0.3, 0.4) is 0 Å². The molecule has 0 bridgehead atoms. The lowest BCUT2D eigenvalue weighted by atomic mass is 10.1. The molecule has 13 heteroatoms. The Morgan fingerprint density at radius 3 is 2.57 bits per heavy atom. The van der Waals surface area contributed by atoms with Gasteiger partial charge in [-0.3, -0.25) is 9.88 Å². The van der Waals surface area contributed by atoms with Crippen LogP contribution in [-0.2, 0) is 14.2 Å². The molecule has 5 rings (SSSR count). The van der Waals surface area contributed by atoms with Gasteiger partial charge in [-0.2, -0.15) is 0 Å². The maximum Gasteiger partial charge on any atom is 0.324 e. The lowest BCUT2D eigenvalue weighted by molar-refractivity contribution is -0.195. The number of hydrogen-bond donors (Lipinski definition) is 4. The van der Waals surface area contributed by atoms with Gasteiger partial charge in [-0.1, -0.05) is 18.2 Å². The van der Waals surface area contributed by atoms with Crippen molar-refractivity contribution in [3.63, 3.8) is 0 Å². The molecular weight excluding hydrogens is 456 g/mol. The first-order valence-corrected chi connectivity index (χ1v) is 11.1. The molecule has 1 unspecified atom stereocenters. The maximum absolute atomic E-state index is 12.5. The molecule has 1 aromatic carbocycles. The highest BCUT2D eigenvalue weighted by molar-refractivity contribution is 6.02. The molecule has 2 aliphatic rings. The molecule has 3 aromatic rings. The molecule has 35 heavy (non-hydrogen) atoms. The predicted molar refractivity (Wildman–Crippen MR) is 125 cm³/mol. The van der Waals surface area contributed by atoms with Crippen molar-refractivity contribution >= 4 is 34.7 Å². The number of hydrogen-bond acceptors (Lipinski definition) is 8. The Kier molecular flexibility index (Phi) is 5.96. The fourth-order valence-electron chi connectivity index (χ4n) is 4.25. The highest BCUT2D eigenvalue weighted by Crippen LogP contribution is 2.43. The number of carbonyl (C=O) groups excluding carboxylic acids is 2. The van der Waals surface area contributed by atoms with Crippen LogP contribution in [0.5, 0.6) is 0 Å². The second kappa shape index (κ2) is 9.09. The lowest BCUT2D eigenvalue weighted by Gasteiger charge is -2.24. The van der Waals surface area contributed by atoms with Crippen molar-refractivity contribution in [1.29, 1.82) is 0 Å². The van der Waals surface area contributed by atoms with E-state index in [2.05, 4.69) is 36.2 Å². The van der Waals surface area contributed by atoms with E-state index in [0.29, 0.717) is 16.9 Å². The van der Waals surface area contributed by atoms with Crippen LogP contribution >= 0.6 is 0 Å². The van der Waals surface area contributed by atoms with Crippen LogP contribution in [-0.4, -0.2) is 69.3 Å². The molecule has 2 aliphatic heterocycles. The third kappa shape index (κ3) is 4.60. The molecule has 184 valence electrons. The summed E-state index contributed by atoms with van der Waals surface area (Å²) in [6, 6.07) is 8.27. The number of imidazole rings is 1. The SMILES string of the molecule is CNC(=O)NC[C@H]1O[C@@H](n2cnc3c(NC(=O)Nc4ccccc4)ncnc32)C2OC(C)(C)O[C@@H]21. The van der Waals surface area contributed by atoms with Gasteiger partial charge in [0.15, 0.2) is 29.0 Å². The van der Waals surface area contributed by atoms with Gasteiger partial charge in [0.25, 0.3) is 0 Å². The smallest absolute Gasteiger partial charge is 0.324 e. The van der Waals surface area contributed by atoms with Crippen molar-refractivity contribution in [3.05, 3.63) is 43.0 Å². The Balaban J connectivity index is 1.38. The fourth-order valence-corrected chi connectivity index (χ4v) is 4.25. The number of aromatic nitrogens is 4. The van der Waals surface area contributed by atoms with Gasteiger partial charge in [0, 0.05) is 19.3 Å². The van der Waals surface area contributed by atoms with Crippen LogP contribution in [0.4, 0.5) is 21.1 Å². The minimum absolute atomic E-state index is 0.227. The molecule has 2 fully saturated rings. The van der Waals surface area contributed by atoms with E-state index in [1.807, 2.05) is 32.0 Å². The number of amides is 4. The molecule has 0 spiro atoms. The van der Waals surface area contributed by atoms with E-state index in [4.69, 9.17) is 14.2 Å². The van der Waals surface area contributed by atoms with E-state index in [0.717, 1.165) is 0 Å². The van der Waals surface area contributed by atoms with Crippen LogP contribution < -0.4 is 21.3 Å². The van der Waals surface area contributed by atoms with Crippen molar-refractivity contribution in [2.45, 2.75) is 44.2 Å². The monoisotopic (exact) mass is 482 g/mol. The summed E-state index contributed by atoms with van der Waals surface area (Å²) in [5, 5.41) is 10.7. The third-order valence-corrected chi connectivity index (χ3v) is 5.71. The topological polar surface area (TPSA) is 154 Å². The minimum atomic E-state index is -0.823.